The van der Waals surface area contributed by atoms with Crippen molar-refractivity contribution in [2.75, 3.05) is 34.0 Å². The molecule has 0 saturated carbocycles. The van der Waals surface area contributed by atoms with Crippen molar-refractivity contribution in [3.8, 4) is 11.5 Å². The van der Waals surface area contributed by atoms with E-state index in [1.165, 1.54) is 6.08 Å². The van der Waals surface area contributed by atoms with Crippen LogP contribution in [0.1, 0.15) is 11.1 Å². The first-order valence-corrected chi connectivity index (χ1v) is 9.17. The molecular formula is C23H26O6. The summed E-state index contributed by atoms with van der Waals surface area (Å²) in [4.78, 5) is 11.9. The van der Waals surface area contributed by atoms with E-state index in [1.54, 1.807) is 38.5 Å². The molecule has 29 heavy (non-hydrogen) atoms. The lowest BCUT2D eigenvalue weighted by atomic mass is 10.2. The third kappa shape index (κ3) is 7.81. The third-order valence-electron chi connectivity index (χ3n) is 3.97. The van der Waals surface area contributed by atoms with Crippen LogP contribution in [0.25, 0.3) is 12.2 Å². The minimum atomic E-state index is -0.589. The number of hydrogen-bond donors (Lipinski definition) is 1. The molecule has 0 saturated heterocycles. The molecule has 0 heterocycles. The van der Waals surface area contributed by atoms with E-state index in [0.717, 1.165) is 11.1 Å². The summed E-state index contributed by atoms with van der Waals surface area (Å²) in [5, 5.41) is 9.39. The highest BCUT2D eigenvalue weighted by molar-refractivity contribution is 5.87. The average Bonchev–Trinajstić information content (AvgIpc) is 2.77. The van der Waals surface area contributed by atoms with Gasteiger partial charge in [0.05, 0.1) is 27.4 Å². The van der Waals surface area contributed by atoms with Crippen LogP contribution in [0, 0.1) is 0 Å². The summed E-state index contributed by atoms with van der Waals surface area (Å²) in [6.45, 7) is 0.0236. The highest BCUT2D eigenvalue weighted by Crippen LogP contribution is 2.27. The number of aliphatic hydroxyl groups excluding tert-OH is 1. The molecule has 0 aliphatic heterocycles. The number of rotatable bonds is 11. The van der Waals surface area contributed by atoms with E-state index < -0.39 is 12.1 Å². The highest BCUT2D eigenvalue weighted by Gasteiger charge is 2.10. The van der Waals surface area contributed by atoms with Crippen molar-refractivity contribution in [3.05, 3.63) is 71.8 Å². The van der Waals surface area contributed by atoms with E-state index in [1.807, 2.05) is 42.5 Å². The van der Waals surface area contributed by atoms with Crippen LogP contribution in [0.15, 0.2) is 60.7 Å². The quantitative estimate of drug-likeness (QED) is 0.462. The van der Waals surface area contributed by atoms with Crippen molar-refractivity contribution in [1.82, 2.24) is 0 Å². The number of aliphatic hydroxyl groups is 1. The van der Waals surface area contributed by atoms with Gasteiger partial charge in [-0.05, 0) is 29.3 Å². The van der Waals surface area contributed by atoms with Gasteiger partial charge < -0.3 is 24.1 Å². The van der Waals surface area contributed by atoms with E-state index in [4.69, 9.17) is 18.9 Å². The first-order valence-electron chi connectivity index (χ1n) is 9.17. The van der Waals surface area contributed by atoms with Crippen LogP contribution < -0.4 is 9.47 Å². The van der Waals surface area contributed by atoms with Gasteiger partial charge in [0.1, 0.15) is 12.7 Å². The molecule has 0 radical (unpaired) electrons. The minimum absolute atomic E-state index is 0.0369. The van der Waals surface area contributed by atoms with E-state index in [9.17, 15) is 9.90 Å². The van der Waals surface area contributed by atoms with Crippen molar-refractivity contribution in [1.29, 1.82) is 0 Å². The second-order valence-electron chi connectivity index (χ2n) is 6.03. The van der Waals surface area contributed by atoms with Gasteiger partial charge in [-0.2, -0.15) is 0 Å². The molecule has 6 nitrogen and oxygen atoms in total. The molecule has 0 fully saturated rings. The van der Waals surface area contributed by atoms with Crippen LogP contribution in [0.4, 0.5) is 0 Å². The topological polar surface area (TPSA) is 74.2 Å². The smallest absolute Gasteiger partial charge is 0.330 e. The predicted octanol–water partition coefficient (Wildman–Crippen LogP) is 3.35. The van der Waals surface area contributed by atoms with Crippen LogP contribution in [0.2, 0.25) is 0 Å². The van der Waals surface area contributed by atoms with Gasteiger partial charge in [0.2, 0.25) is 0 Å². The van der Waals surface area contributed by atoms with E-state index in [-0.39, 0.29) is 13.2 Å². The number of methoxy groups -OCH3 is 2. The molecule has 154 valence electrons. The van der Waals surface area contributed by atoms with Gasteiger partial charge in [-0.3, -0.25) is 0 Å². The van der Waals surface area contributed by atoms with Gasteiger partial charge in [0, 0.05) is 6.08 Å². The molecule has 0 amide bonds. The van der Waals surface area contributed by atoms with Gasteiger partial charge in [-0.15, -0.1) is 0 Å². The normalized spacial score (nSPS) is 12.2. The Bertz CT molecular complexity index is 813. The summed E-state index contributed by atoms with van der Waals surface area (Å²) >= 11 is 0. The lowest BCUT2D eigenvalue weighted by molar-refractivity contribution is -0.142. The molecular weight excluding hydrogens is 372 g/mol. The van der Waals surface area contributed by atoms with Gasteiger partial charge in [0.15, 0.2) is 11.5 Å². The third-order valence-corrected chi connectivity index (χ3v) is 3.97. The fourth-order valence-electron chi connectivity index (χ4n) is 2.44. The summed E-state index contributed by atoms with van der Waals surface area (Å²) in [5.74, 6) is 0.651. The van der Waals surface area contributed by atoms with Crippen LogP contribution in [0.5, 0.6) is 11.5 Å². The van der Waals surface area contributed by atoms with E-state index in [0.29, 0.717) is 18.1 Å². The Labute approximate surface area is 171 Å². The van der Waals surface area contributed by atoms with Gasteiger partial charge in [0.25, 0.3) is 0 Å². The second kappa shape index (κ2) is 12.4. The Morgan fingerprint density at radius 3 is 2.45 bits per heavy atom. The van der Waals surface area contributed by atoms with Crippen molar-refractivity contribution >= 4 is 18.1 Å². The molecule has 1 N–H and O–H groups in total. The molecule has 0 aliphatic rings. The van der Waals surface area contributed by atoms with Crippen LogP contribution in [-0.2, 0) is 14.3 Å². The highest BCUT2D eigenvalue weighted by atomic mass is 16.6. The summed E-state index contributed by atoms with van der Waals surface area (Å²) in [6, 6.07) is 15.1. The van der Waals surface area contributed by atoms with Gasteiger partial charge in [-0.1, -0.05) is 48.6 Å². The molecule has 1 atom stereocenters. The second-order valence-corrected chi connectivity index (χ2v) is 6.03. The summed E-state index contributed by atoms with van der Waals surface area (Å²) in [5.41, 5.74) is 1.82. The monoisotopic (exact) mass is 398 g/mol. The number of hydrogen-bond acceptors (Lipinski definition) is 6. The summed E-state index contributed by atoms with van der Waals surface area (Å²) in [7, 11) is 3.10. The Morgan fingerprint density at radius 1 is 1.00 bits per heavy atom. The number of carbonyl (C=O) groups is 1. The lowest BCUT2D eigenvalue weighted by Gasteiger charge is -2.13. The molecule has 0 spiro atoms. The van der Waals surface area contributed by atoms with Crippen molar-refractivity contribution in [2.45, 2.75) is 6.10 Å². The Hall–Kier alpha value is -3.09. The predicted molar refractivity (Wildman–Crippen MR) is 112 cm³/mol. The first kappa shape index (κ1) is 22.2. The number of ether oxygens (including phenoxy) is 4. The number of carbonyl (C=O) groups excluding carboxylic acids is 1. The van der Waals surface area contributed by atoms with Crippen LogP contribution in [0.3, 0.4) is 0 Å². The average molecular weight is 398 g/mol. The molecule has 0 aliphatic carbocycles. The maximum atomic E-state index is 11.9. The van der Waals surface area contributed by atoms with E-state index in [2.05, 4.69) is 0 Å². The molecule has 6 heteroatoms. The van der Waals surface area contributed by atoms with Crippen LogP contribution >= 0.6 is 0 Å². The van der Waals surface area contributed by atoms with Gasteiger partial charge in [-0.25, -0.2) is 4.79 Å². The Morgan fingerprint density at radius 2 is 1.76 bits per heavy atom. The Balaban J connectivity index is 1.77. The van der Waals surface area contributed by atoms with Crippen molar-refractivity contribution < 1.29 is 28.8 Å². The molecule has 2 aromatic rings. The number of esters is 1. The fourth-order valence-corrected chi connectivity index (χ4v) is 2.44. The zero-order valence-corrected chi connectivity index (χ0v) is 16.6. The molecule has 2 rings (SSSR count). The summed E-state index contributed by atoms with van der Waals surface area (Å²) in [6.07, 6.45) is 6.10. The van der Waals surface area contributed by atoms with E-state index >= 15 is 0 Å². The SMILES string of the molecule is COc1ccc(C=CC(=O)OCC(CO)OCC=Cc2ccccc2)cc1OC. The molecule has 0 bridgehead atoms. The van der Waals surface area contributed by atoms with Crippen molar-refractivity contribution in [3.63, 3.8) is 0 Å². The first-order chi connectivity index (χ1) is 14.2. The standard InChI is InChI=1S/C23H26O6/c1-26-21-12-10-19(15-22(21)27-2)11-13-23(25)29-17-20(16-24)28-14-6-9-18-7-4-3-5-8-18/h3-13,15,20,24H,14,16-17H2,1-2H3. The minimum Gasteiger partial charge on any atom is -0.493 e. The Kier molecular flexibility index (Phi) is 9.48. The maximum absolute atomic E-state index is 11.9. The molecule has 2 aromatic carbocycles. The summed E-state index contributed by atoms with van der Waals surface area (Å²) < 4.78 is 21.1. The molecule has 0 aromatic heterocycles. The van der Waals surface area contributed by atoms with Gasteiger partial charge >= 0.3 is 5.97 Å². The van der Waals surface area contributed by atoms with Crippen LogP contribution in [-0.4, -0.2) is 51.2 Å². The van der Waals surface area contributed by atoms with Crippen molar-refractivity contribution in [2.24, 2.45) is 0 Å². The fraction of sp³-hybridized carbons (Fsp3) is 0.261. The molecule has 1 unspecified atom stereocenters. The number of benzene rings is 2. The zero-order valence-electron chi connectivity index (χ0n) is 16.6. The maximum Gasteiger partial charge on any atom is 0.330 e. The largest absolute Gasteiger partial charge is 0.493 e. The zero-order chi connectivity index (χ0) is 20.9. The lowest BCUT2D eigenvalue weighted by Crippen LogP contribution is -2.25.